The maximum Gasteiger partial charge on any atom is 0.221 e. The lowest BCUT2D eigenvalue weighted by Crippen LogP contribution is -2.45. The molecule has 130 valence electrons. The third-order valence-corrected chi connectivity index (χ3v) is 3.85. The monoisotopic (exact) mass is 425 g/mol. The van der Waals surface area contributed by atoms with Gasteiger partial charge in [-0.25, -0.2) is 0 Å². The van der Waals surface area contributed by atoms with Crippen LogP contribution in [-0.2, 0) is 4.79 Å². The fourth-order valence-electron chi connectivity index (χ4n) is 2.62. The molecular weight excluding hydrogens is 393 g/mol. The number of likely N-dealkylation sites (N-methyl/N-ethyl adjacent to an activating group) is 1. The number of carbonyl (C=O) groups is 1. The third-order valence-electron chi connectivity index (χ3n) is 3.85. The summed E-state index contributed by atoms with van der Waals surface area (Å²) in [5, 5.41) is 9.42. The molecule has 0 aromatic rings. The molecule has 0 bridgehead atoms. The van der Waals surface area contributed by atoms with Crippen molar-refractivity contribution in [2.75, 3.05) is 39.8 Å². The largest absolute Gasteiger partial charge is 0.356 e. The van der Waals surface area contributed by atoms with Crippen LogP contribution in [0.25, 0.3) is 0 Å². The molecule has 0 radical (unpaired) electrons. The van der Waals surface area contributed by atoms with Gasteiger partial charge in [0.25, 0.3) is 0 Å². The summed E-state index contributed by atoms with van der Waals surface area (Å²) in [5.74, 6) is 0.869. The van der Waals surface area contributed by atoms with Crippen molar-refractivity contribution >= 4 is 35.8 Å². The fraction of sp³-hybridized carbons (Fsp3) is 0.867. The van der Waals surface area contributed by atoms with E-state index in [0.717, 1.165) is 32.0 Å². The number of likely N-dealkylation sites (tertiary alicyclic amines) is 1. The van der Waals surface area contributed by atoms with E-state index in [9.17, 15) is 4.79 Å². The van der Waals surface area contributed by atoms with Crippen molar-refractivity contribution in [1.29, 1.82) is 0 Å². The van der Waals surface area contributed by atoms with Crippen LogP contribution in [0, 0.1) is 0 Å². The van der Waals surface area contributed by atoms with E-state index in [-0.39, 0.29) is 29.9 Å². The minimum Gasteiger partial charge on any atom is -0.356 e. The Balaban J connectivity index is 0.00000441. The molecule has 1 heterocycles. The Morgan fingerprint density at radius 3 is 2.64 bits per heavy atom. The second-order valence-corrected chi connectivity index (χ2v) is 5.40. The molecule has 0 saturated carbocycles. The van der Waals surface area contributed by atoms with Crippen LogP contribution in [0.5, 0.6) is 0 Å². The Labute approximate surface area is 151 Å². The van der Waals surface area contributed by atoms with Gasteiger partial charge in [-0.2, -0.15) is 0 Å². The molecule has 0 spiro atoms. The second kappa shape index (κ2) is 12.9. The van der Waals surface area contributed by atoms with Crippen molar-refractivity contribution in [1.82, 2.24) is 20.9 Å². The van der Waals surface area contributed by atoms with Crippen LogP contribution in [0.3, 0.4) is 0 Å². The molecule has 0 aromatic carbocycles. The number of nitrogens with zero attached hydrogens (tertiary/aromatic N) is 2. The van der Waals surface area contributed by atoms with Crippen LogP contribution in [-0.4, -0.2) is 62.6 Å². The van der Waals surface area contributed by atoms with Gasteiger partial charge < -0.3 is 16.0 Å². The number of rotatable bonds is 8. The van der Waals surface area contributed by atoms with E-state index in [1.807, 2.05) is 6.92 Å². The number of carbonyl (C=O) groups excluding carboxylic acids is 1. The van der Waals surface area contributed by atoms with Crippen LogP contribution in [0.4, 0.5) is 0 Å². The summed E-state index contributed by atoms with van der Waals surface area (Å²) in [6.45, 7) is 8.84. The third kappa shape index (κ3) is 8.17. The molecule has 0 aromatic heterocycles. The number of guanidine groups is 1. The van der Waals surface area contributed by atoms with Gasteiger partial charge in [0.2, 0.25) is 5.91 Å². The number of aliphatic imine (C=N–C) groups is 1. The lowest BCUT2D eigenvalue weighted by Gasteiger charge is -2.23. The van der Waals surface area contributed by atoms with Gasteiger partial charge in [0.15, 0.2) is 5.96 Å². The Morgan fingerprint density at radius 1 is 1.23 bits per heavy atom. The smallest absolute Gasteiger partial charge is 0.221 e. The molecule has 1 atom stereocenters. The molecule has 7 heteroatoms. The van der Waals surface area contributed by atoms with Gasteiger partial charge in [-0.05, 0) is 32.4 Å². The number of hydrogen-bond donors (Lipinski definition) is 3. The molecule has 1 unspecified atom stereocenters. The summed E-state index contributed by atoms with van der Waals surface area (Å²) < 4.78 is 0. The predicted molar refractivity (Wildman–Crippen MR) is 103 cm³/mol. The minimum absolute atomic E-state index is 0. The average Bonchev–Trinajstić information content (AvgIpc) is 2.96. The Bertz CT molecular complexity index is 338. The minimum atomic E-state index is 0. The maximum absolute atomic E-state index is 11.5. The SMILES string of the molecule is CCCNC(=O)CCNC(=NC)NCC1CCCN1CC.I. The van der Waals surface area contributed by atoms with Crippen LogP contribution in [0.2, 0.25) is 0 Å². The van der Waals surface area contributed by atoms with Crippen LogP contribution in [0.15, 0.2) is 4.99 Å². The number of amides is 1. The Kier molecular flexibility index (Phi) is 12.6. The van der Waals surface area contributed by atoms with Gasteiger partial charge in [-0.15, -0.1) is 24.0 Å². The summed E-state index contributed by atoms with van der Waals surface area (Å²) in [6, 6.07) is 0.599. The van der Waals surface area contributed by atoms with E-state index < -0.39 is 0 Å². The number of nitrogens with one attached hydrogen (secondary N) is 3. The van der Waals surface area contributed by atoms with E-state index in [1.165, 1.54) is 19.4 Å². The van der Waals surface area contributed by atoms with Crippen LogP contribution in [0.1, 0.15) is 39.5 Å². The van der Waals surface area contributed by atoms with Gasteiger partial charge in [0, 0.05) is 39.1 Å². The molecule has 1 fully saturated rings. The van der Waals surface area contributed by atoms with Crippen molar-refractivity contribution < 1.29 is 4.79 Å². The van der Waals surface area contributed by atoms with Crippen LogP contribution >= 0.6 is 24.0 Å². The van der Waals surface area contributed by atoms with E-state index in [0.29, 0.717) is 19.0 Å². The molecule has 1 saturated heterocycles. The molecule has 6 nitrogen and oxygen atoms in total. The first-order valence-corrected chi connectivity index (χ1v) is 8.16. The first kappa shape index (κ1) is 21.4. The van der Waals surface area contributed by atoms with Crippen molar-refractivity contribution in [3.8, 4) is 0 Å². The van der Waals surface area contributed by atoms with Crippen molar-refractivity contribution in [3.05, 3.63) is 0 Å². The van der Waals surface area contributed by atoms with E-state index >= 15 is 0 Å². The van der Waals surface area contributed by atoms with Gasteiger partial charge in [-0.3, -0.25) is 14.7 Å². The molecule has 0 aliphatic carbocycles. The zero-order chi connectivity index (χ0) is 15.5. The summed E-state index contributed by atoms with van der Waals surface area (Å²) in [5.41, 5.74) is 0. The highest BCUT2D eigenvalue weighted by Gasteiger charge is 2.22. The molecule has 1 amide bonds. The molecule has 1 aliphatic rings. The van der Waals surface area contributed by atoms with Gasteiger partial charge in [0.1, 0.15) is 0 Å². The maximum atomic E-state index is 11.5. The first-order chi connectivity index (χ1) is 10.2. The highest BCUT2D eigenvalue weighted by atomic mass is 127. The molecule has 22 heavy (non-hydrogen) atoms. The Morgan fingerprint density at radius 2 is 2.00 bits per heavy atom. The van der Waals surface area contributed by atoms with E-state index in [1.54, 1.807) is 7.05 Å². The zero-order valence-corrected chi connectivity index (χ0v) is 16.5. The first-order valence-electron chi connectivity index (χ1n) is 8.16. The fourth-order valence-corrected chi connectivity index (χ4v) is 2.62. The Hall–Kier alpha value is -0.570. The summed E-state index contributed by atoms with van der Waals surface area (Å²) in [7, 11) is 1.76. The predicted octanol–water partition coefficient (Wildman–Crippen LogP) is 1.17. The molecule has 1 rings (SSSR count). The average molecular weight is 425 g/mol. The molecule has 3 N–H and O–H groups in total. The van der Waals surface area contributed by atoms with E-state index in [2.05, 4.69) is 32.8 Å². The molecular formula is C15H32IN5O. The topological polar surface area (TPSA) is 68.8 Å². The van der Waals surface area contributed by atoms with E-state index in [4.69, 9.17) is 0 Å². The quantitative estimate of drug-likeness (QED) is 0.310. The summed E-state index contributed by atoms with van der Waals surface area (Å²) in [6.07, 6.45) is 3.98. The summed E-state index contributed by atoms with van der Waals surface area (Å²) in [4.78, 5) is 18.2. The van der Waals surface area contributed by atoms with Crippen LogP contribution < -0.4 is 16.0 Å². The zero-order valence-electron chi connectivity index (χ0n) is 14.2. The van der Waals surface area contributed by atoms with Gasteiger partial charge in [-0.1, -0.05) is 13.8 Å². The summed E-state index contributed by atoms with van der Waals surface area (Å²) >= 11 is 0. The van der Waals surface area contributed by atoms with Crippen molar-refractivity contribution in [3.63, 3.8) is 0 Å². The number of halogens is 1. The highest BCUT2D eigenvalue weighted by Crippen LogP contribution is 2.15. The normalized spacial score (nSPS) is 18.7. The molecule has 1 aliphatic heterocycles. The van der Waals surface area contributed by atoms with Crippen molar-refractivity contribution in [2.45, 2.75) is 45.6 Å². The lowest BCUT2D eigenvalue weighted by molar-refractivity contribution is -0.120. The van der Waals surface area contributed by atoms with Crippen molar-refractivity contribution in [2.24, 2.45) is 4.99 Å². The van der Waals surface area contributed by atoms with Gasteiger partial charge in [0.05, 0.1) is 0 Å². The number of hydrogen-bond acceptors (Lipinski definition) is 3. The van der Waals surface area contributed by atoms with Gasteiger partial charge >= 0.3 is 0 Å². The second-order valence-electron chi connectivity index (χ2n) is 5.40. The standard InChI is InChI=1S/C15H31N5O.HI/c1-4-9-17-14(21)8-10-18-15(16-3)19-12-13-7-6-11-20(13)5-2;/h13H,4-12H2,1-3H3,(H,17,21)(H2,16,18,19);1H. The highest BCUT2D eigenvalue weighted by molar-refractivity contribution is 14.0. The lowest BCUT2D eigenvalue weighted by atomic mass is 10.2.